The topological polar surface area (TPSA) is 62.4 Å². The van der Waals surface area contributed by atoms with E-state index in [2.05, 4.69) is 152 Å². The number of amidine groups is 1. The summed E-state index contributed by atoms with van der Waals surface area (Å²) >= 11 is 0. The Morgan fingerprint density at radius 3 is 2.40 bits per heavy atom. The van der Waals surface area contributed by atoms with Crippen LogP contribution in [0.5, 0.6) is 0 Å². The van der Waals surface area contributed by atoms with Gasteiger partial charge in [0.1, 0.15) is 5.84 Å². The van der Waals surface area contributed by atoms with Gasteiger partial charge in [-0.3, -0.25) is 4.99 Å². The lowest BCUT2D eigenvalue weighted by molar-refractivity contribution is 0.750. The normalized spacial score (nSPS) is 17.9. The molecule has 2 unspecified atom stereocenters. The number of para-hydroxylation sites is 1. The number of nitrogens with zero attached hydrogens (tertiary/aromatic N) is 1. The van der Waals surface area contributed by atoms with E-state index < -0.39 is 0 Å². The standard InChI is InChI=1S/C46H46N4/c1-4-6-7-9-16-34-22-24-37(25-23-34)43-31-44(50-46(49-43)39-17-10-8-11-18-39)41-20-14-19-40(30-41)36-26-28-38(29-27-36)45(35(5-2)32-47)48-42-21-13-12-15-33(42)3/h4-15,17-29,31,40,44,48H,2,16,30,32,47H2,1,3H3,(H,49,50)/b6-4-,9-7-,45-35-. The predicted octanol–water partition coefficient (Wildman–Crippen LogP) is 10.1. The van der Waals surface area contributed by atoms with Crippen LogP contribution in [0.15, 0.2) is 181 Å². The van der Waals surface area contributed by atoms with Crippen LogP contribution in [0.1, 0.15) is 52.6 Å². The SMILES string of the molecule is C=C/C(CN)=C(/Nc1ccccc1C)c1ccc(C2C=CC=C(C3C=C(c4ccc(C/C=C\C=C/C)cc4)NC(c4ccccc4)=N3)C2)cc1. The lowest BCUT2D eigenvalue weighted by atomic mass is 9.84. The van der Waals surface area contributed by atoms with Gasteiger partial charge >= 0.3 is 0 Å². The highest BCUT2D eigenvalue weighted by molar-refractivity contribution is 6.05. The van der Waals surface area contributed by atoms with Crippen molar-refractivity contribution in [1.82, 2.24) is 5.32 Å². The third-order valence-electron chi connectivity index (χ3n) is 9.26. The summed E-state index contributed by atoms with van der Waals surface area (Å²) in [6.45, 7) is 8.57. The van der Waals surface area contributed by atoms with Gasteiger partial charge in [0.2, 0.25) is 0 Å². The zero-order valence-electron chi connectivity index (χ0n) is 29.0. The van der Waals surface area contributed by atoms with Crippen LogP contribution in [0.3, 0.4) is 0 Å². The van der Waals surface area contributed by atoms with Crippen molar-refractivity contribution in [1.29, 1.82) is 0 Å². The maximum Gasteiger partial charge on any atom is 0.133 e. The molecular formula is C46H46N4. The van der Waals surface area contributed by atoms with Crippen LogP contribution in [0.2, 0.25) is 0 Å². The van der Waals surface area contributed by atoms with Crippen LogP contribution in [0, 0.1) is 6.92 Å². The number of hydrogen-bond donors (Lipinski definition) is 3. The number of benzene rings is 4. The Hall–Kier alpha value is -5.71. The van der Waals surface area contributed by atoms with Gasteiger partial charge in [-0.05, 0) is 77.8 Å². The molecule has 0 bridgehead atoms. The first kappa shape index (κ1) is 34.2. The summed E-state index contributed by atoms with van der Waals surface area (Å²) in [5, 5.41) is 7.29. The Labute approximate surface area is 297 Å². The minimum Gasteiger partial charge on any atom is -0.355 e. The van der Waals surface area contributed by atoms with Crippen LogP contribution in [-0.4, -0.2) is 18.4 Å². The fourth-order valence-electron chi connectivity index (χ4n) is 6.37. The average molecular weight is 655 g/mol. The van der Waals surface area contributed by atoms with Crippen molar-refractivity contribution in [3.05, 3.63) is 209 Å². The van der Waals surface area contributed by atoms with E-state index in [0.29, 0.717) is 6.54 Å². The maximum atomic E-state index is 6.16. The Morgan fingerprint density at radius 1 is 0.920 bits per heavy atom. The van der Waals surface area contributed by atoms with E-state index >= 15 is 0 Å². The van der Waals surface area contributed by atoms with Gasteiger partial charge in [-0.25, -0.2) is 0 Å². The average Bonchev–Trinajstić information content (AvgIpc) is 3.18. The fraction of sp³-hybridized carbons (Fsp3) is 0.152. The fourth-order valence-corrected chi connectivity index (χ4v) is 6.37. The highest BCUT2D eigenvalue weighted by atomic mass is 15.0. The van der Waals surface area contributed by atoms with E-state index in [0.717, 1.165) is 58.0 Å². The number of aliphatic imine (C=N–C) groups is 1. The van der Waals surface area contributed by atoms with Crippen molar-refractivity contribution in [3.63, 3.8) is 0 Å². The molecule has 2 atom stereocenters. The van der Waals surface area contributed by atoms with E-state index in [1.165, 1.54) is 22.3 Å². The highest BCUT2D eigenvalue weighted by Gasteiger charge is 2.24. The number of rotatable bonds is 12. The molecular weight excluding hydrogens is 609 g/mol. The van der Waals surface area contributed by atoms with Crippen molar-refractivity contribution in [3.8, 4) is 0 Å². The van der Waals surface area contributed by atoms with Gasteiger partial charge in [0.25, 0.3) is 0 Å². The molecule has 1 aliphatic heterocycles. The second kappa shape index (κ2) is 16.6. The third-order valence-corrected chi connectivity index (χ3v) is 9.26. The smallest absolute Gasteiger partial charge is 0.133 e. The second-order valence-electron chi connectivity index (χ2n) is 12.7. The summed E-state index contributed by atoms with van der Waals surface area (Å²) in [6, 6.07) is 36.3. The van der Waals surface area contributed by atoms with Crippen molar-refractivity contribution < 1.29 is 0 Å². The molecule has 0 aromatic heterocycles. The zero-order valence-corrected chi connectivity index (χ0v) is 29.0. The van der Waals surface area contributed by atoms with Crippen molar-refractivity contribution in [2.75, 3.05) is 11.9 Å². The molecule has 250 valence electrons. The maximum absolute atomic E-state index is 6.16. The number of nitrogens with one attached hydrogen (secondary N) is 2. The Kier molecular flexibility index (Phi) is 11.3. The molecule has 2 aliphatic rings. The van der Waals surface area contributed by atoms with Crippen LogP contribution in [-0.2, 0) is 6.42 Å². The molecule has 0 radical (unpaired) electrons. The van der Waals surface area contributed by atoms with E-state index in [1.54, 1.807) is 0 Å². The van der Waals surface area contributed by atoms with E-state index in [9.17, 15) is 0 Å². The Balaban J connectivity index is 1.24. The first-order valence-electron chi connectivity index (χ1n) is 17.4. The molecule has 4 N–H and O–H groups in total. The molecule has 4 heteroatoms. The van der Waals surface area contributed by atoms with Gasteiger partial charge in [-0.2, -0.15) is 0 Å². The minimum atomic E-state index is -0.0795. The Bertz CT molecular complexity index is 2000. The van der Waals surface area contributed by atoms with Crippen molar-refractivity contribution in [2.45, 2.75) is 38.6 Å². The van der Waals surface area contributed by atoms with Crippen LogP contribution in [0.25, 0.3) is 11.4 Å². The molecule has 1 aliphatic carbocycles. The molecule has 0 amide bonds. The summed E-state index contributed by atoms with van der Waals surface area (Å²) in [5.41, 5.74) is 18.6. The third kappa shape index (κ3) is 8.28. The number of allylic oxidation sites excluding steroid dienone is 7. The molecule has 4 aromatic rings. The molecule has 6 rings (SSSR count). The lowest BCUT2D eigenvalue weighted by Crippen LogP contribution is -2.30. The molecule has 0 spiro atoms. The summed E-state index contributed by atoms with van der Waals surface area (Å²) in [7, 11) is 0. The summed E-state index contributed by atoms with van der Waals surface area (Å²) in [6.07, 6.45) is 21.0. The van der Waals surface area contributed by atoms with Crippen LogP contribution >= 0.6 is 0 Å². The van der Waals surface area contributed by atoms with Gasteiger partial charge in [0.15, 0.2) is 0 Å². The van der Waals surface area contributed by atoms with E-state index in [4.69, 9.17) is 10.7 Å². The second-order valence-corrected chi connectivity index (χ2v) is 12.7. The van der Waals surface area contributed by atoms with Gasteiger partial charge in [-0.1, -0.05) is 152 Å². The molecule has 0 saturated carbocycles. The Morgan fingerprint density at radius 2 is 1.68 bits per heavy atom. The molecule has 0 fully saturated rings. The summed E-state index contributed by atoms with van der Waals surface area (Å²) in [5.74, 6) is 1.13. The van der Waals surface area contributed by atoms with Crippen molar-refractivity contribution >= 4 is 22.9 Å². The number of aryl methyl sites for hydroxylation is 1. The van der Waals surface area contributed by atoms with Gasteiger partial charge < -0.3 is 16.4 Å². The number of anilines is 1. The molecule has 4 aromatic carbocycles. The first-order valence-corrected chi connectivity index (χ1v) is 17.4. The number of hydrogen-bond acceptors (Lipinski definition) is 4. The van der Waals surface area contributed by atoms with Crippen LogP contribution < -0.4 is 16.4 Å². The monoisotopic (exact) mass is 654 g/mol. The summed E-state index contributed by atoms with van der Waals surface area (Å²) < 4.78 is 0. The highest BCUT2D eigenvalue weighted by Crippen LogP contribution is 2.34. The largest absolute Gasteiger partial charge is 0.355 e. The van der Waals surface area contributed by atoms with Gasteiger partial charge in [-0.15, -0.1) is 0 Å². The molecule has 50 heavy (non-hydrogen) atoms. The lowest BCUT2D eigenvalue weighted by Gasteiger charge is -2.27. The van der Waals surface area contributed by atoms with Gasteiger partial charge in [0, 0.05) is 29.4 Å². The number of nitrogens with two attached hydrogens (primary N) is 1. The van der Waals surface area contributed by atoms with Crippen molar-refractivity contribution in [2.24, 2.45) is 10.7 Å². The predicted molar refractivity (Wildman–Crippen MR) is 214 cm³/mol. The molecule has 0 saturated heterocycles. The first-order chi connectivity index (χ1) is 24.6. The van der Waals surface area contributed by atoms with E-state index in [-0.39, 0.29) is 12.0 Å². The minimum absolute atomic E-state index is 0.0795. The van der Waals surface area contributed by atoms with Gasteiger partial charge in [0.05, 0.1) is 11.7 Å². The summed E-state index contributed by atoms with van der Waals surface area (Å²) in [4.78, 5) is 5.25. The quantitative estimate of drug-likeness (QED) is 0.133. The van der Waals surface area contributed by atoms with Crippen LogP contribution in [0.4, 0.5) is 5.69 Å². The molecule has 4 nitrogen and oxygen atoms in total. The molecule has 1 heterocycles. The van der Waals surface area contributed by atoms with E-state index in [1.807, 2.05) is 37.3 Å². The zero-order chi connectivity index (χ0) is 34.7.